The second-order valence-electron chi connectivity index (χ2n) is 5.73. The molecule has 2 unspecified atom stereocenters. The monoisotopic (exact) mass is 305 g/mol. The van der Waals surface area contributed by atoms with Gasteiger partial charge in [-0.1, -0.05) is 43.6 Å². The van der Waals surface area contributed by atoms with Gasteiger partial charge in [0.1, 0.15) is 11.7 Å². The summed E-state index contributed by atoms with van der Waals surface area (Å²) in [6.45, 7) is 5.74. The number of nitrogens with zero attached hydrogens (tertiary/aromatic N) is 2. The molecule has 0 radical (unpaired) electrons. The van der Waals surface area contributed by atoms with Crippen LogP contribution in [0.4, 0.5) is 0 Å². The van der Waals surface area contributed by atoms with Gasteiger partial charge in [-0.2, -0.15) is 5.10 Å². The highest BCUT2D eigenvalue weighted by atomic mass is 16.5. The number of ether oxygens (including phenoxy) is 1. The second-order valence-corrected chi connectivity index (χ2v) is 5.73. The molecule has 1 heterocycles. The number of allylic oxidation sites excluding steroid dienone is 3. The highest BCUT2D eigenvalue weighted by molar-refractivity contribution is 5.78. The van der Waals surface area contributed by atoms with Crippen molar-refractivity contribution in [1.29, 1.82) is 0 Å². The number of methoxy groups -OCH3 is 1. The molecular weight excluding hydrogens is 282 g/mol. The number of H-pyrrole nitrogens is 1. The maximum absolute atomic E-state index is 12.4. The van der Waals surface area contributed by atoms with E-state index in [1.165, 1.54) is 7.11 Å². The normalized spacial score (nSPS) is 24.2. The van der Waals surface area contributed by atoms with Gasteiger partial charge in [0, 0.05) is 0 Å². The van der Waals surface area contributed by atoms with Crippen molar-refractivity contribution in [1.82, 2.24) is 14.8 Å². The molecule has 1 aromatic heterocycles. The molecule has 0 bridgehead atoms. The fourth-order valence-electron chi connectivity index (χ4n) is 3.33. The van der Waals surface area contributed by atoms with E-state index in [2.05, 4.69) is 17.1 Å². The summed E-state index contributed by atoms with van der Waals surface area (Å²) in [5.41, 5.74) is -0.185. The Hall–Kier alpha value is -2.11. The number of esters is 1. The third-order valence-corrected chi connectivity index (χ3v) is 4.32. The van der Waals surface area contributed by atoms with Crippen LogP contribution in [-0.4, -0.2) is 27.8 Å². The van der Waals surface area contributed by atoms with Crippen molar-refractivity contribution in [2.45, 2.75) is 45.6 Å². The predicted octanol–water partition coefficient (Wildman–Crippen LogP) is 2.07. The number of nitrogens with one attached hydrogen (secondary N) is 1. The van der Waals surface area contributed by atoms with Gasteiger partial charge >= 0.3 is 11.7 Å². The summed E-state index contributed by atoms with van der Waals surface area (Å²) in [5.74, 6) is -0.292. The lowest BCUT2D eigenvalue weighted by molar-refractivity contribution is -0.147. The van der Waals surface area contributed by atoms with Gasteiger partial charge in [-0.3, -0.25) is 9.36 Å². The smallest absolute Gasteiger partial charge is 0.344 e. The van der Waals surface area contributed by atoms with Crippen molar-refractivity contribution in [2.24, 2.45) is 5.92 Å². The SMILES string of the molecule is CCCCC1(n2c(C)n[nH]c2=O)C=CC=C(C)C1C(=O)OC. The summed E-state index contributed by atoms with van der Waals surface area (Å²) in [6.07, 6.45) is 8.27. The van der Waals surface area contributed by atoms with E-state index in [-0.39, 0.29) is 11.7 Å². The Morgan fingerprint density at radius 2 is 2.23 bits per heavy atom. The molecule has 2 atom stereocenters. The van der Waals surface area contributed by atoms with Crippen molar-refractivity contribution in [3.63, 3.8) is 0 Å². The molecule has 120 valence electrons. The Bertz CT molecular complexity index is 668. The lowest BCUT2D eigenvalue weighted by atomic mass is 9.72. The number of carbonyl (C=O) groups excluding carboxylic acids is 1. The summed E-state index contributed by atoms with van der Waals surface area (Å²) < 4.78 is 6.61. The summed E-state index contributed by atoms with van der Waals surface area (Å²) >= 11 is 0. The number of unbranched alkanes of at least 4 members (excludes halogenated alkanes) is 1. The molecule has 6 heteroatoms. The number of aryl methyl sites for hydroxylation is 1. The fourth-order valence-corrected chi connectivity index (χ4v) is 3.33. The van der Waals surface area contributed by atoms with Crippen LogP contribution in [-0.2, 0) is 15.1 Å². The van der Waals surface area contributed by atoms with Gasteiger partial charge < -0.3 is 4.74 Å². The number of hydrogen-bond acceptors (Lipinski definition) is 4. The number of hydrogen-bond donors (Lipinski definition) is 1. The topological polar surface area (TPSA) is 77.0 Å². The molecule has 0 spiro atoms. The molecule has 22 heavy (non-hydrogen) atoms. The van der Waals surface area contributed by atoms with E-state index >= 15 is 0 Å². The lowest BCUT2D eigenvalue weighted by Crippen LogP contribution is -2.50. The molecule has 0 aromatic carbocycles. The fraction of sp³-hybridized carbons (Fsp3) is 0.562. The van der Waals surface area contributed by atoms with Crippen LogP contribution in [0.1, 0.15) is 38.9 Å². The molecule has 1 aromatic rings. The first-order valence-electron chi connectivity index (χ1n) is 7.56. The van der Waals surface area contributed by atoms with Crippen molar-refractivity contribution >= 4 is 5.97 Å². The molecule has 2 rings (SSSR count). The predicted molar refractivity (Wildman–Crippen MR) is 83.5 cm³/mol. The van der Waals surface area contributed by atoms with E-state index in [0.29, 0.717) is 12.2 Å². The highest BCUT2D eigenvalue weighted by Crippen LogP contribution is 2.41. The zero-order valence-corrected chi connectivity index (χ0v) is 13.5. The van der Waals surface area contributed by atoms with Crippen LogP contribution >= 0.6 is 0 Å². The van der Waals surface area contributed by atoms with Gasteiger partial charge in [-0.25, -0.2) is 9.89 Å². The van der Waals surface area contributed by atoms with Crippen molar-refractivity contribution in [3.05, 3.63) is 40.1 Å². The van der Waals surface area contributed by atoms with Crippen molar-refractivity contribution in [3.8, 4) is 0 Å². The van der Waals surface area contributed by atoms with Crippen LogP contribution in [0.3, 0.4) is 0 Å². The van der Waals surface area contributed by atoms with Gasteiger partial charge in [0.25, 0.3) is 0 Å². The summed E-state index contributed by atoms with van der Waals surface area (Å²) in [6, 6.07) is 0. The van der Waals surface area contributed by atoms with Gasteiger partial charge in [0.2, 0.25) is 0 Å². The van der Waals surface area contributed by atoms with E-state index in [9.17, 15) is 9.59 Å². The molecule has 1 N–H and O–H groups in total. The van der Waals surface area contributed by atoms with Gasteiger partial charge in [0.15, 0.2) is 0 Å². The number of rotatable bonds is 5. The van der Waals surface area contributed by atoms with Crippen LogP contribution in [0, 0.1) is 12.8 Å². The zero-order chi connectivity index (χ0) is 16.3. The Morgan fingerprint density at radius 1 is 1.50 bits per heavy atom. The average Bonchev–Trinajstić information content (AvgIpc) is 2.84. The summed E-state index contributed by atoms with van der Waals surface area (Å²) in [5, 5.41) is 6.49. The van der Waals surface area contributed by atoms with Crippen LogP contribution in [0.5, 0.6) is 0 Å². The minimum atomic E-state index is -0.768. The summed E-state index contributed by atoms with van der Waals surface area (Å²) in [4.78, 5) is 24.7. The molecule has 6 nitrogen and oxygen atoms in total. The minimum Gasteiger partial charge on any atom is -0.468 e. The molecule has 0 amide bonds. The zero-order valence-electron chi connectivity index (χ0n) is 13.5. The van der Waals surface area contributed by atoms with E-state index < -0.39 is 11.5 Å². The first-order chi connectivity index (χ1) is 10.5. The maximum Gasteiger partial charge on any atom is 0.344 e. The largest absolute Gasteiger partial charge is 0.468 e. The Morgan fingerprint density at radius 3 is 2.77 bits per heavy atom. The van der Waals surface area contributed by atoms with E-state index in [4.69, 9.17) is 4.74 Å². The van der Waals surface area contributed by atoms with Gasteiger partial charge in [-0.15, -0.1) is 0 Å². The Labute approximate surface area is 129 Å². The van der Waals surface area contributed by atoms with Crippen LogP contribution < -0.4 is 5.69 Å². The molecule has 0 saturated carbocycles. The third-order valence-electron chi connectivity index (χ3n) is 4.32. The first-order valence-corrected chi connectivity index (χ1v) is 7.56. The second kappa shape index (κ2) is 6.34. The maximum atomic E-state index is 12.4. The van der Waals surface area contributed by atoms with Crippen molar-refractivity contribution in [2.75, 3.05) is 7.11 Å². The summed E-state index contributed by atoms with van der Waals surface area (Å²) in [7, 11) is 1.38. The molecule has 0 aliphatic heterocycles. The first kappa shape index (κ1) is 16.3. The molecular formula is C16H23N3O3. The van der Waals surface area contributed by atoms with Gasteiger partial charge in [0.05, 0.1) is 12.6 Å². The lowest BCUT2D eigenvalue weighted by Gasteiger charge is -2.40. The Balaban J connectivity index is 2.67. The van der Waals surface area contributed by atoms with Crippen molar-refractivity contribution < 1.29 is 9.53 Å². The standard InChI is InChI=1S/C16H23N3O3/c1-5-6-9-16(19-12(3)17-18-15(19)21)10-7-8-11(2)13(16)14(20)22-4/h7-8,10,13H,5-6,9H2,1-4H3,(H,18,21). The number of aromatic amines is 1. The van der Waals surface area contributed by atoms with Gasteiger partial charge in [-0.05, 0) is 20.3 Å². The van der Waals surface area contributed by atoms with Crippen LogP contribution in [0.2, 0.25) is 0 Å². The number of aromatic nitrogens is 3. The van der Waals surface area contributed by atoms with E-state index in [0.717, 1.165) is 18.4 Å². The molecule has 0 fully saturated rings. The number of carbonyl (C=O) groups is 1. The molecule has 1 aliphatic carbocycles. The quantitative estimate of drug-likeness (QED) is 0.845. The molecule has 0 saturated heterocycles. The average molecular weight is 305 g/mol. The third kappa shape index (κ3) is 2.53. The minimum absolute atomic E-state index is 0.304. The Kier molecular flexibility index (Phi) is 4.68. The van der Waals surface area contributed by atoms with E-state index in [1.807, 2.05) is 25.2 Å². The van der Waals surface area contributed by atoms with Crippen LogP contribution in [0.15, 0.2) is 28.6 Å². The molecule has 1 aliphatic rings. The van der Waals surface area contributed by atoms with E-state index in [1.54, 1.807) is 11.5 Å². The van der Waals surface area contributed by atoms with Crippen LogP contribution in [0.25, 0.3) is 0 Å². The highest BCUT2D eigenvalue weighted by Gasteiger charge is 2.47.